The predicted molar refractivity (Wildman–Crippen MR) is 78.5 cm³/mol. The first-order chi connectivity index (χ1) is 9.11. The van der Waals surface area contributed by atoms with E-state index >= 15 is 0 Å². The summed E-state index contributed by atoms with van der Waals surface area (Å²) < 4.78 is 1.84. The highest BCUT2D eigenvalue weighted by Gasteiger charge is 2.13. The fourth-order valence-corrected chi connectivity index (χ4v) is 2.11. The number of nitrogens with one attached hydrogen (secondary N) is 1. The molecule has 0 aliphatic rings. The number of rotatable bonds is 4. The average Bonchev–Trinajstić information content (AvgIpc) is 2.74. The smallest absolute Gasteiger partial charge is 0.272 e. The van der Waals surface area contributed by atoms with E-state index in [1.807, 2.05) is 23.6 Å². The van der Waals surface area contributed by atoms with E-state index in [9.17, 15) is 4.79 Å². The van der Waals surface area contributed by atoms with Crippen LogP contribution in [-0.2, 0) is 6.54 Å². The van der Waals surface area contributed by atoms with Gasteiger partial charge < -0.3 is 15.6 Å². The summed E-state index contributed by atoms with van der Waals surface area (Å²) in [7, 11) is 0. The molecule has 1 amide bonds. The summed E-state index contributed by atoms with van der Waals surface area (Å²) in [5.41, 5.74) is 7.48. The van der Waals surface area contributed by atoms with Crippen molar-refractivity contribution in [3.63, 3.8) is 0 Å². The number of nitrogens with two attached hydrogens (primary N) is 1. The molecule has 0 atom stereocenters. The Kier molecular flexibility index (Phi) is 4.12. The van der Waals surface area contributed by atoms with Crippen molar-refractivity contribution in [2.24, 2.45) is 0 Å². The van der Waals surface area contributed by atoms with Gasteiger partial charge in [-0.3, -0.25) is 4.79 Å². The summed E-state index contributed by atoms with van der Waals surface area (Å²) in [5, 5.41) is 3.35. The molecule has 0 saturated carbocycles. The number of carbonyl (C=O) groups excluding carboxylic acids is 1. The third-order valence-electron chi connectivity index (χ3n) is 2.77. The van der Waals surface area contributed by atoms with E-state index in [0.29, 0.717) is 22.1 Å². The first-order valence-electron chi connectivity index (χ1n) is 6.13. The molecule has 1 aromatic carbocycles. The molecule has 0 aliphatic heterocycles. The van der Waals surface area contributed by atoms with Gasteiger partial charge in [0.15, 0.2) is 0 Å². The van der Waals surface area contributed by atoms with Crippen LogP contribution in [0.15, 0.2) is 36.5 Å². The van der Waals surface area contributed by atoms with Gasteiger partial charge in [0.2, 0.25) is 0 Å². The number of carbonyl (C=O) groups is 1. The predicted octanol–water partition coefficient (Wildman–Crippen LogP) is 3.39. The summed E-state index contributed by atoms with van der Waals surface area (Å²) in [6.45, 7) is 2.80. The van der Waals surface area contributed by atoms with Gasteiger partial charge in [-0.05, 0) is 24.6 Å². The van der Waals surface area contributed by atoms with Crippen molar-refractivity contribution in [1.29, 1.82) is 0 Å². The second-order valence-corrected chi connectivity index (χ2v) is 4.71. The molecule has 0 aliphatic carbocycles. The zero-order chi connectivity index (χ0) is 13.8. The number of benzene rings is 1. The minimum atomic E-state index is -0.210. The number of nitrogens with zero attached hydrogens (tertiary/aromatic N) is 1. The number of aromatic nitrogens is 1. The molecule has 0 bridgehead atoms. The number of hydrogen-bond acceptors (Lipinski definition) is 2. The van der Waals surface area contributed by atoms with Crippen LogP contribution < -0.4 is 11.1 Å². The van der Waals surface area contributed by atoms with E-state index in [0.717, 1.165) is 13.0 Å². The summed E-state index contributed by atoms with van der Waals surface area (Å²) in [4.78, 5) is 12.2. The normalized spacial score (nSPS) is 10.4. The van der Waals surface area contributed by atoms with Crippen LogP contribution in [0, 0.1) is 0 Å². The van der Waals surface area contributed by atoms with Gasteiger partial charge in [0, 0.05) is 12.7 Å². The molecule has 0 saturated heterocycles. The molecule has 0 unspecified atom stereocenters. The molecule has 4 nitrogen and oxygen atoms in total. The third kappa shape index (κ3) is 3.09. The minimum Gasteiger partial charge on any atom is -0.397 e. The number of halogens is 1. The number of amides is 1. The summed E-state index contributed by atoms with van der Waals surface area (Å²) in [5.74, 6) is -0.210. The molecule has 0 radical (unpaired) electrons. The SMILES string of the molecule is CCCn1cc(Cl)cc1C(=O)Nc1ccccc1N. The maximum Gasteiger partial charge on any atom is 0.272 e. The van der Waals surface area contributed by atoms with E-state index in [-0.39, 0.29) is 5.91 Å². The Morgan fingerprint density at radius 2 is 2.16 bits per heavy atom. The topological polar surface area (TPSA) is 60.0 Å². The molecule has 2 rings (SSSR count). The molecule has 19 heavy (non-hydrogen) atoms. The van der Waals surface area contributed by atoms with E-state index in [2.05, 4.69) is 5.32 Å². The standard InChI is InChI=1S/C14H16ClN3O/c1-2-7-18-9-10(15)8-13(18)14(19)17-12-6-4-3-5-11(12)16/h3-6,8-9H,2,7,16H2,1H3,(H,17,19). The third-order valence-corrected chi connectivity index (χ3v) is 2.98. The second kappa shape index (κ2) is 5.80. The van der Waals surface area contributed by atoms with Gasteiger partial charge in [-0.15, -0.1) is 0 Å². The lowest BCUT2D eigenvalue weighted by Crippen LogP contribution is -2.17. The Morgan fingerprint density at radius 1 is 1.42 bits per heavy atom. The molecule has 0 fully saturated rings. The average molecular weight is 278 g/mol. The lowest BCUT2D eigenvalue weighted by Gasteiger charge is -2.10. The fraction of sp³-hybridized carbons (Fsp3) is 0.214. The largest absolute Gasteiger partial charge is 0.397 e. The Bertz CT molecular complexity index is 592. The van der Waals surface area contributed by atoms with E-state index < -0.39 is 0 Å². The van der Waals surface area contributed by atoms with Crippen LogP contribution in [0.3, 0.4) is 0 Å². The highest BCUT2D eigenvalue weighted by atomic mass is 35.5. The van der Waals surface area contributed by atoms with E-state index in [1.165, 1.54) is 0 Å². The number of para-hydroxylation sites is 2. The number of hydrogen-bond donors (Lipinski definition) is 2. The number of aryl methyl sites for hydroxylation is 1. The summed E-state index contributed by atoms with van der Waals surface area (Å²) >= 11 is 5.95. The second-order valence-electron chi connectivity index (χ2n) is 4.28. The Labute approximate surface area is 117 Å². The Hall–Kier alpha value is -1.94. The van der Waals surface area contributed by atoms with Crippen molar-refractivity contribution in [3.8, 4) is 0 Å². The molecule has 100 valence electrons. The highest BCUT2D eigenvalue weighted by molar-refractivity contribution is 6.31. The lowest BCUT2D eigenvalue weighted by atomic mass is 10.2. The van der Waals surface area contributed by atoms with Crippen LogP contribution in [0.5, 0.6) is 0 Å². The van der Waals surface area contributed by atoms with Gasteiger partial charge >= 0.3 is 0 Å². The van der Waals surface area contributed by atoms with Gasteiger partial charge in [0.05, 0.1) is 16.4 Å². The maximum absolute atomic E-state index is 12.2. The van der Waals surface area contributed by atoms with Crippen LogP contribution in [0.25, 0.3) is 0 Å². The van der Waals surface area contributed by atoms with Crippen molar-refractivity contribution >= 4 is 28.9 Å². The Morgan fingerprint density at radius 3 is 2.84 bits per heavy atom. The zero-order valence-electron chi connectivity index (χ0n) is 10.7. The van der Waals surface area contributed by atoms with Crippen LogP contribution in [0.4, 0.5) is 11.4 Å². The minimum absolute atomic E-state index is 0.210. The van der Waals surface area contributed by atoms with E-state index in [4.69, 9.17) is 17.3 Å². The quantitative estimate of drug-likeness (QED) is 0.842. The van der Waals surface area contributed by atoms with Crippen LogP contribution in [0.2, 0.25) is 5.02 Å². The van der Waals surface area contributed by atoms with Crippen LogP contribution in [-0.4, -0.2) is 10.5 Å². The Balaban J connectivity index is 2.23. The maximum atomic E-state index is 12.2. The summed E-state index contributed by atoms with van der Waals surface area (Å²) in [6.07, 6.45) is 2.69. The molecule has 0 spiro atoms. The highest BCUT2D eigenvalue weighted by Crippen LogP contribution is 2.20. The van der Waals surface area contributed by atoms with Gasteiger partial charge in [-0.25, -0.2) is 0 Å². The molecule has 3 N–H and O–H groups in total. The molecular formula is C14H16ClN3O. The molecule has 1 heterocycles. The van der Waals surface area contributed by atoms with Gasteiger partial charge in [-0.1, -0.05) is 30.7 Å². The van der Waals surface area contributed by atoms with Crippen molar-refractivity contribution < 1.29 is 4.79 Å². The molecule has 5 heteroatoms. The summed E-state index contributed by atoms with van der Waals surface area (Å²) in [6, 6.07) is 8.81. The van der Waals surface area contributed by atoms with Crippen LogP contribution >= 0.6 is 11.6 Å². The lowest BCUT2D eigenvalue weighted by molar-refractivity contribution is 0.101. The van der Waals surface area contributed by atoms with Gasteiger partial charge in [0.25, 0.3) is 5.91 Å². The van der Waals surface area contributed by atoms with Crippen molar-refractivity contribution in [1.82, 2.24) is 4.57 Å². The first kappa shape index (κ1) is 13.5. The van der Waals surface area contributed by atoms with Gasteiger partial charge in [0.1, 0.15) is 5.69 Å². The van der Waals surface area contributed by atoms with Crippen LogP contribution in [0.1, 0.15) is 23.8 Å². The van der Waals surface area contributed by atoms with Crippen molar-refractivity contribution in [2.75, 3.05) is 11.1 Å². The number of anilines is 2. The molecular weight excluding hydrogens is 262 g/mol. The molecule has 1 aromatic heterocycles. The molecule has 2 aromatic rings. The van der Waals surface area contributed by atoms with Gasteiger partial charge in [-0.2, -0.15) is 0 Å². The van der Waals surface area contributed by atoms with Crippen molar-refractivity contribution in [3.05, 3.63) is 47.2 Å². The van der Waals surface area contributed by atoms with Crippen molar-refractivity contribution in [2.45, 2.75) is 19.9 Å². The van der Waals surface area contributed by atoms with E-state index in [1.54, 1.807) is 24.4 Å². The number of nitrogen functional groups attached to an aromatic ring is 1. The first-order valence-corrected chi connectivity index (χ1v) is 6.51. The zero-order valence-corrected chi connectivity index (χ0v) is 11.4. The fourth-order valence-electron chi connectivity index (χ4n) is 1.89. The monoisotopic (exact) mass is 277 g/mol.